The van der Waals surface area contributed by atoms with Gasteiger partial charge in [0.15, 0.2) is 11.5 Å². The third kappa shape index (κ3) is 6.56. The van der Waals surface area contributed by atoms with Crippen LogP contribution in [-0.2, 0) is 4.79 Å². The molecule has 0 saturated heterocycles. The molecule has 2 N–H and O–H groups in total. The summed E-state index contributed by atoms with van der Waals surface area (Å²) in [4.78, 5) is 25.0. The summed E-state index contributed by atoms with van der Waals surface area (Å²) in [6.07, 6.45) is 6.63. The minimum absolute atomic E-state index is 0.0770. The molecule has 0 bridgehead atoms. The van der Waals surface area contributed by atoms with Gasteiger partial charge in [-0.3, -0.25) is 9.59 Å². The number of benzene rings is 2. The van der Waals surface area contributed by atoms with Gasteiger partial charge in [-0.15, -0.1) is 6.42 Å². The van der Waals surface area contributed by atoms with Crippen molar-refractivity contribution in [3.8, 4) is 23.8 Å². The van der Waals surface area contributed by atoms with Crippen LogP contribution in [0.5, 0.6) is 11.5 Å². The van der Waals surface area contributed by atoms with Crippen molar-refractivity contribution in [2.24, 2.45) is 11.0 Å². The van der Waals surface area contributed by atoms with Gasteiger partial charge >= 0.3 is 0 Å². The number of nitrogens with zero attached hydrogens (tertiary/aromatic N) is 1. The molecule has 0 fully saturated rings. The van der Waals surface area contributed by atoms with Gasteiger partial charge in [0.05, 0.1) is 23.4 Å². The fourth-order valence-corrected chi connectivity index (χ4v) is 3.28. The number of methoxy groups -OCH3 is 1. The highest BCUT2D eigenvalue weighted by Crippen LogP contribution is 2.36. The van der Waals surface area contributed by atoms with Crippen LogP contribution in [0.25, 0.3) is 0 Å². The van der Waals surface area contributed by atoms with Crippen LogP contribution < -0.4 is 20.2 Å². The molecule has 2 rings (SSSR count). The van der Waals surface area contributed by atoms with E-state index in [4.69, 9.17) is 15.9 Å². The maximum Gasteiger partial charge on any atom is 0.262 e. The highest BCUT2D eigenvalue weighted by molar-refractivity contribution is 9.10. The number of hydrogen-bond donors (Lipinski definition) is 2. The SMILES string of the molecule is C#CCOc1c(Br)cc(C=NNC(=O)C(NC(=O)c2ccccc2F)C(C)C)cc1OC. The van der Waals surface area contributed by atoms with Crippen LogP contribution in [0.4, 0.5) is 4.39 Å². The predicted molar refractivity (Wildman–Crippen MR) is 123 cm³/mol. The van der Waals surface area contributed by atoms with E-state index < -0.39 is 23.7 Å². The number of halogens is 2. The summed E-state index contributed by atoms with van der Waals surface area (Å²) in [7, 11) is 1.48. The van der Waals surface area contributed by atoms with Crippen LogP contribution in [0.15, 0.2) is 46.0 Å². The zero-order valence-corrected chi connectivity index (χ0v) is 19.4. The number of ether oxygens (including phenoxy) is 2. The van der Waals surface area contributed by atoms with E-state index in [1.165, 1.54) is 31.5 Å². The van der Waals surface area contributed by atoms with Gasteiger partial charge in [0.25, 0.3) is 11.8 Å². The lowest BCUT2D eigenvalue weighted by atomic mass is 10.0. The quantitative estimate of drug-likeness (QED) is 0.311. The molecule has 0 spiro atoms. The number of carbonyl (C=O) groups is 2. The largest absolute Gasteiger partial charge is 0.493 e. The maximum atomic E-state index is 13.9. The van der Waals surface area contributed by atoms with E-state index in [0.717, 1.165) is 0 Å². The predicted octanol–water partition coefficient (Wildman–Crippen LogP) is 3.51. The van der Waals surface area contributed by atoms with Crippen molar-refractivity contribution in [1.82, 2.24) is 10.7 Å². The van der Waals surface area contributed by atoms with Crippen molar-refractivity contribution in [2.75, 3.05) is 13.7 Å². The van der Waals surface area contributed by atoms with Gasteiger partial charge in [0.2, 0.25) is 0 Å². The number of rotatable bonds is 9. The first-order chi connectivity index (χ1) is 15.3. The number of nitrogens with one attached hydrogen (secondary N) is 2. The molecule has 7 nitrogen and oxygen atoms in total. The van der Waals surface area contributed by atoms with E-state index in [1.54, 1.807) is 32.0 Å². The van der Waals surface area contributed by atoms with Crippen molar-refractivity contribution >= 4 is 34.0 Å². The van der Waals surface area contributed by atoms with E-state index in [9.17, 15) is 14.0 Å². The lowest BCUT2D eigenvalue weighted by Crippen LogP contribution is -2.48. The lowest BCUT2D eigenvalue weighted by molar-refractivity contribution is -0.123. The Balaban J connectivity index is 2.10. The van der Waals surface area contributed by atoms with E-state index in [0.29, 0.717) is 21.5 Å². The second kappa shape index (κ2) is 11.9. The van der Waals surface area contributed by atoms with E-state index in [1.807, 2.05) is 0 Å². The Morgan fingerprint density at radius 1 is 1.31 bits per heavy atom. The highest BCUT2D eigenvalue weighted by Gasteiger charge is 2.25. The average molecular weight is 504 g/mol. The van der Waals surface area contributed by atoms with Crippen molar-refractivity contribution < 1.29 is 23.5 Å². The summed E-state index contributed by atoms with van der Waals surface area (Å²) < 4.78 is 25.2. The maximum absolute atomic E-state index is 13.9. The zero-order chi connectivity index (χ0) is 23.7. The van der Waals surface area contributed by atoms with Crippen LogP contribution in [0.2, 0.25) is 0 Å². The standard InChI is InChI=1S/C23H23BrFN3O4/c1-5-10-32-21-17(24)11-15(12-19(21)31-4)13-26-28-23(30)20(14(2)3)27-22(29)16-8-6-7-9-18(16)25/h1,6-9,11-14,20H,10H2,2-4H3,(H,27,29)(H,28,30). The summed E-state index contributed by atoms with van der Waals surface area (Å²) in [5, 5.41) is 6.50. The summed E-state index contributed by atoms with van der Waals surface area (Å²) in [5.41, 5.74) is 2.87. The summed E-state index contributed by atoms with van der Waals surface area (Å²) in [6.45, 7) is 3.59. The minimum atomic E-state index is -0.917. The Bertz CT molecular complexity index is 1050. The number of terminal acetylenes is 1. The molecule has 0 aliphatic heterocycles. The third-order valence-electron chi connectivity index (χ3n) is 4.29. The molecule has 9 heteroatoms. The molecule has 168 valence electrons. The molecule has 0 aliphatic carbocycles. The molecule has 0 aromatic heterocycles. The minimum Gasteiger partial charge on any atom is -0.493 e. The smallest absolute Gasteiger partial charge is 0.262 e. The molecule has 0 radical (unpaired) electrons. The van der Waals surface area contributed by atoms with Crippen LogP contribution in [-0.4, -0.2) is 37.8 Å². The molecular formula is C23H23BrFN3O4. The second-order valence-corrected chi connectivity index (χ2v) is 7.79. The highest BCUT2D eigenvalue weighted by atomic mass is 79.9. The van der Waals surface area contributed by atoms with Crippen LogP contribution in [0.1, 0.15) is 29.8 Å². The normalized spacial score (nSPS) is 11.7. The Hall–Kier alpha value is -3.38. The molecule has 2 aromatic rings. The molecule has 32 heavy (non-hydrogen) atoms. The first kappa shape index (κ1) is 24.9. The van der Waals surface area contributed by atoms with Crippen LogP contribution in [0.3, 0.4) is 0 Å². The van der Waals surface area contributed by atoms with Gasteiger partial charge in [0, 0.05) is 0 Å². The van der Waals surface area contributed by atoms with Gasteiger partial charge in [0.1, 0.15) is 18.5 Å². The molecule has 2 aromatic carbocycles. The van der Waals surface area contributed by atoms with Crippen molar-refractivity contribution in [3.05, 3.63) is 57.8 Å². The molecule has 1 unspecified atom stereocenters. The van der Waals surface area contributed by atoms with Crippen molar-refractivity contribution in [2.45, 2.75) is 19.9 Å². The molecule has 2 amide bonds. The first-order valence-corrected chi connectivity index (χ1v) is 10.4. The lowest BCUT2D eigenvalue weighted by Gasteiger charge is -2.20. The van der Waals surface area contributed by atoms with Gasteiger partial charge in [-0.05, 0) is 51.7 Å². The van der Waals surface area contributed by atoms with Gasteiger partial charge in [-0.1, -0.05) is 31.9 Å². The van der Waals surface area contributed by atoms with Gasteiger partial charge < -0.3 is 14.8 Å². The summed E-state index contributed by atoms with van der Waals surface area (Å²) in [6, 6.07) is 8.01. The summed E-state index contributed by atoms with van der Waals surface area (Å²) >= 11 is 3.39. The Labute approximate surface area is 194 Å². The topological polar surface area (TPSA) is 89.0 Å². The fraction of sp³-hybridized carbons (Fsp3) is 0.261. The van der Waals surface area contributed by atoms with Crippen molar-refractivity contribution in [3.63, 3.8) is 0 Å². The van der Waals surface area contributed by atoms with E-state index >= 15 is 0 Å². The number of amides is 2. The molecule has 0 saturated carbocycles. The monoisotopic (exact) mass is 503 g/mol. The Kier molecular flexibility index (Phi) is 9.22. The van der Waals surface area contributed by atoms with Crippen LogP contribution >= 0.6 is 15.9 Å². The molecule has 0 aliphatic rings. The molecular weight excluding hydrogens is 481 g/mol. The van der Waals surface area contributed by atoms with E-state index in [-0.39, 0.29) is 18.1 Å². The Morgan fingerprint density at radius 3 is 2.66 bits per heavy atom. The fourth-order valence-electron chi connectivity index (χ4n) is 2.71. The number of carbonyl (C=O) groups excluding carboxylic acids is 2. The Morgan fingerprint density at radius 2 is 2.03 bits per heavy atom. The first-order valence-electron chi connectivity index (χ1n) is 9.60. The average Bonchev–Trinajstić information content (AvgIpc) is 2.76. The van der Waals surface area contributed by atoms with Gasteiger partial charge in [-0.25, -0.2) is 9.82 Å². The summed E-state index contributed by atoms with van der Waals surface area (Å²) in [5.74, 6) is 1.10. The van der Waals surface area contributed by atoms with Gasteiger partial charge in [-0.2, -0.15) is 5.10 Å². The second-order valence-electron chi connectivity index (χ2n) is 6.94. The van der Waals surface area contributed by atoms with Crippen molar-refractivity contribution in [1.29, 1.82) is 0 Å². The van der Waals surface area contributed by atoms with E-state index in [2.05, 4.69) is 37.7 Å². The molecule has 1 atom stereocenters. The third-order valence-corrected chi connectivity index (χ3v) is 4.88. The molecule has 0 heterocycles. The number of hydrazone groups is 1. The zero-order valence-electron chi connectivity index (χ0n) is 17.8. The number of hydrogen-bond acceptors (Lipinski definition) is 5. The van der Waals surface area contributed by atoms with Crippen LogP contribution in [0, 0.1) is 24.1 Å².